The Morgan fingerprint density at radius 2 is 1.89 bits per heavy atom. The van der Waals surface area contributed by atoms with Crippen LogP contribution in [0.2, 0.25) is 5.02 Å². The first kappa shape index (κ1) is 20.1. The van der Waals surface area contributed by atoms with Gasteiger partial charge in [-0.05, 0) is 24.6 Å². The minimum absolute atomic E-state index is 0. The highest BCUT2D eigenvalue weighted by molar-refractivity contribution is 6.30. The second kappa shape index (κ2) is 8.61. The van der Waals surface area contributed by atoms with E-state index >= 15 is 0 Å². The monoisotopic (exact) mass is 409 g/mol. The molecule has 1 atom stereocenters. The van der Waals surface area contributed by atoms with Crippen LogP contribution in [0.25, 0.3) is 0 Å². The lowest BCUT2D eigenvalue weighted by atomic mass is 10.1. The number of rotatable bonds is 3. The lowest BCUT2D eigenvalue weighted by Crippen LogP contribution is -2.49. The van der Waals surface area contributed by atoms with E-state index in [-0.39, 0.29) is 18.3 Å². The molecular formula is C19H25Cl2N5O. The fourth-order valence-corrected chi connectivity index (χ4v) is 3.94. The van der Waals surface area contributed by atoms with Gasteiger partial charge in [0.05, 0.1) is 0 Å². The summed E-state index contributed by atoms with van der Waals surface area (Å²) in [5.41, 5.74) is 3.98. The summed E-state index contributed by atoms with van der Waals surface area (Å²) in [5.74, 6) is 0.0463. The predicted molar refractivity (Wildman–Crippen MR) is 109 cm³/mol. The summed E-state index contributed by atoms with van der Waals surface area (Å²) < 4.78 is 0. The van der Waals surface area contributed by atoms with Crippen LogP contribution < -0.4 is 5.32 Å². The minimum Gasteiger partial charge on any atom is -0.335 e. The number of amides is 1. The van der Waals surface area contributed by atoms with Gasteiger partial charge in [0, 0.05) is 68.0 Å². The molecule has 2 N–H and O–H groups in total. The van der Waals surface area contributed by atoms with E-state index in [9.17, 15) is 4.79 Å². The van der Waals surface area contributed by atoms with Gasteiger partial charge in [-0.3, -0.25) is 14.8 Å². The van der Waals surface area contributed by atoms with Crippen molar-refractivity contribution in [1.29, 1.82) is 0 Å². The molecule has 1 amide bonds. The molecule has 27 heavy (non-hydrogen) atoms. The van der Waals surface area contributed by atoms with Crippen LogP contribution in [0.3, 0.4) is 0 Å². The summed E-state index contributed by atoms with van der Waals surface area (Å²) in [5, 5.41) is 11.4. The van der Waals surface area contributed by atoms with Crippen molar-refractivity contribution in [2.75, 3.05) is 32.7 Å². The zero-order chi connectivity index (χ0) is 18.1. The minimum atomic E-state index is 0. The van der Waals surface area contributed by atoms with Gasteiger partial charge in [-0.1, -0.05) is 23.7 Å². The fourth-order valence-electron chi connectivity index (χ4n) is 3.82. The molecule has 2 aliphatic rings. The van der Waals surface area contributed by atoms with Gasteiger partial charge in [0.25, 0.3) is 5.91 Å². The van der Waals surface area contributed by atoms with Crippen molar-refractivity contribution in [1.82, 2.24) is 25.3 Å². The van der Waals surface area contributed by atoms with E-state index in [1.807, 2.05) is 17.0 Å². The van der Waals surface area contributed by atoms with E-state index < -0.39 is 0 Å². The molecule has 0 aliphatic carbocycles. The molecule has 1 aromatic carbocycles. The van der Waals surface area contributed by atoms with Crippen LogP contribution >= 0.6 is 24.0 Å². The molecule has 3 heterocycles. The highest BCUT2D eigenvalue weighted by Gasteiger charge is 2.29. The van der Waals surface area contributed by atoms with Gasteiger partial charge in [-0.25, -0.2) is 0 Å². The second-order valence-corrected chi connectivity index (χ2v) is 7.45. The number of fused-ring (bicyclic) bond motifs is 1. The van der Waals surface area contributed by atoms with Crippen molar-refractivity contribution in [2.24, 2.45) is 0 Å². The number of benzene rings is 1. The number of hydrogen-bond donors (Lipinski definition) is 2. The average molecular weight is 410 g/mol. The Morgan fingerprint density at radius 1 is 1.19 bits per heavy atom. The van der Waals surface area contributed by atoms with Crippen molar-refractivity contribution in [3.05, 3.63) is 51.8 Å². The molecule has 146 valence electrons. The second-order valence-electron chi connectivity index (χ2n) is 7.01. The fraction of sp³-hybridized carbons (Fsp3) is 0.474. The molecule has 1 fully saturated rings. The number of piperazine rings is 1. The van der Waals surface area contributed by atoms with Gasteiger partial charge in [-0.15, -0.1) is 12.4 Å². The molecular weight excluding hydrogens is 385 g/mol. The topological polar surface area (TPSA) is 64.3 Å². The van der Waals surface area contributed by atoms with Crippen LogP contribution in [0.5, 0.6) is 0 Å². The maximum Gasteiger partial charge on any atom is 0.274 e. The first-order valence-electron chi connectivity index (χ1n) is 9.19. The van der Waals surface area contributed by atoms with Crippen molar-refractivity contribution in [3.8, 4) is 0 Å². The van der Waals surface area contributed by atoms with E-state index in [0.717, 1.165) is 62.0 Å². The van der Waals surface area contributed by atoms with Gasteiger partial charge in [0.15, 0.2) is 5.69 Å². The third-order valence-corrected chi connectivity index (χ3v) is 5.76. The first-order valence-corrected chi connectivity index (χ1v) is 9.57. The number of H-pyrrole nitrogens is 1. The van der Waals surface area contributed by atoms with Gasteiger partial charge in [0.2, 0.25) is 0 Å². The lowest BCUT2D eigenvalue weighted by molar-refractivity contribution is 0.0575. The zero-order valence-electron chi connectivity index (χ0n) is 15.4. The maximum absolute atomic E-state index is 12.9. The standard InChI is InChI=1S/C19H24ClN5O.ClH/c1-13(14-2-4-15(20)5-3-14)24-8-10-25(11-9-24)19(26)18-16-12-21-7-6-17(16)22-23-18;/h2-5,13,21H,6-12H2,1H3,(H,22,23);1H. The first-order chi connectivity index (χ1) is 12.6. The summed E-state index contributed by atoms with van der Waals surface area (Å²) >= 11 is 5.98. The van der Waals surface area contributed by atoms with Crippen LogP contribution in [0, 0.1) is 0 Å². The molecule has 0 radical (unpaired) electrons. The Labute approximate surface area is 170 Å². The molecule has 0 saturated carbocycles. The number of nitrogens with one attached hydrogen (secondary N) is 2. The van der Waals surface area contributed by atoms with Gasteiger partial charge < -0.3 is 10.2 Å². The van der Waals surface area contributed by atoms with Crippen LogP contribution in [0.1, 0.15) is 40.3 Å². The third kappa shape index (κ3) is 4.14. The molecule has 2 aromatic rings. The maximum atomic E-state index is 12.9. The normalized spacial score (nSPS) is 18.5. The van der Waals surface area contributed by atoms with Crippen LogP contribution in [-0.2, 0) is 13.0 Å². The number of aromatic nitrogens is 2. The van der Waals surface area contributed by atoms with Gasteiger partial charge >= 0.3 is 0 Å². The summed E-state index contributed by atoms with van der Waals surface area (Å²) in [6.45, 7) is 7.04. The van der Waals surface area contributed by atoms with Crippen molar-refractivity contribution >= 4 is 29.9 Å². The van der Waals surface area contributed by atoms with Crippen LogP contribution in [-0.4, -0.2) is 58.6 Å². The van der Waals surface area contributed by atoms with Crippen molar-refractivity contribution in [3.63, 3.8) is 0 Å². The summed E-state index contributed by atoms with van der Waals surface area (Å²) in [7, 11) is 0. The Balaban J connectivity index is 0.00000210. The molecule has 1 unspecified atom stereocenters. The summed E-state index contributed by atoms with van der Waals surface area (Å²) in [6, 6.07) is 8.33. The molecule has 2 aliphatic heterocycles. The van der Waals surface area contributed by atoms with E-state index in [0.29, 0.717) is 11.7 Å². The number of carbonyl (C=O) groups is 1. The summed E-state index contributed by atoms with van der Waals surface area (Å²) in [4.78, 5) is 17.2. The van der Waals surface area contributed by atoms with Crippen molar-refractivity contribution < 1.29 is 4.79 Å². The molecule has 0 bridgehead atoms. The molecule has 6 nitrogen and oxygen atoms in total. The smallest absolute Gasteiger partial charge is 0.274 e. The van der Waals surface area contributed by atoms with E-state index in [2.05, 4.69) is 39.5 Å². The third-order valence-electron chi connectivity index (χ3n) is 5.51. The molecule has 8 heteroatoms. The molecule has 4 rings (SSSR count). The molecule has 0 spiro atoms. The number of halogens is 2. The van der Waals surface area contributed by atoms with Crippen LogP contribution in [0.15, 0.2) is 24.3 Å². The van der Waals surface area contributed by atoms with E-state index in [4.69, 9.17) is 11.6 Å². The number of nitrogens with zero attached hydrogens (tertiary/aromatic N) is 3. The lowest BCUT2D eigenvalue weighted by Gasteiger charge is -2.38. The number of carbonyl (C=O) groups excluding carboxylic acids is 1. The van der Waals surface area contributed by atoms with Crippen LogP contribution in [0.4, 0.5) is 0 Å². The largest absolute Gasteiger partial charge is 0.335 e. The Kier molecular flexibility index (Phi) is 6.42. The quantitative estimate of drug-likeness (QED) is 0.817. The zero-order valence-corrected chi connectivity index (χ0v) is 16.9. The Bertz CT molecular complexity index is 784. The predicted octanol–water partition coefficient (Wildman–Crippen LogP) is 2.65. The SMILES string of the molecule is CC(c1ccc(Cl)cc1)N1CCN(C(=O)c2n[nH]c3c2CNCC3)CC1.Cl. The molecule has 1 aromatic heterocycles. The van der Waals surface area contributed by atoms with Gasteiger partial charge in [0.1, 0.15) is 0 Å². The number of aromatic amines is 1. The molecule has 1 saturated heterocycles. The highest BCUT2D eigenvalue weighted by Crippen LogP contribution is 2.24. The van der Waals surface area contributed by atoms with E-state index in [1.54, 1.807) is 0 Å². The highest BCUT2D eigenvalue weighted by atomic mass is 35.5. The Hall–Kier alpha value is -1.60. The average Bonchev–Trinajstić information content (AvgIpc) is 3.12. The van der Waals surface area contributed by atoms with Gasteiger partial charge in [-0.2, -0.15) is 5.10 Å². The Morgan fingerprint density at radius 3 is 2.59 bits per heavy atom. The van der Waals surface area contributed by atoms with Crippen molar-refractivity contribution in [2.45, 2.75) is 25.9 Å². The van der Waals surface area contributed by atoms with E-state index in [1.165, 1.54) is 5.56 Å². The summed E-state index contributed by atoms with van der Waals surface area (Å²) in [6.07, 6.45) is 0.905. The number of hydrogen-bond acceptors (Lipinski definition) is 4.